The summed E-state index contributed by atoms with van der Waals surface area (Å²) in [7, 11) is 1.55. The highest BCUT2D eigenvalue weighted by atomic mass is 16.2. The molecule has 1 aromatic heterocycles. The van der Waals surface area contributed by atoms with Crippen molar-refractivity contribution in [2.75, 3.05) is 25.0 Å². The number of carbonyl (C=O) groups excluding carboxylic acids is 2. The van der Waals surface area contributed by atoms with E-state index in [2.05, 4.69) is 10.3 Å². The average molecular weight is 274 g/mol. The first-order chi connectivity index (χ1) is 9.59. The second-order valence-electron chi connectivity index (χ2n) is 5.45. The molecule has 1 N–H and O–H groups in total. The molecule has 0 saturated carbocycles. The minimum absolute atomic E-state index is 0.0413. The summed E-state index contributed by atoms with van der Waals surface area (Å²) in [6, 6.07) is 5.12. The Morgan fingerprint density at radius 3 is 2.85 bits per heavy atom. The summed E-state index contributed by atoms with van der Waals surface area (Å²) >= 11 is 0. The Labute approximate surface area is 117 Å². The number of piperidine rings is 1. The number of carbonyl (C=O) groups is 2. The maximum atomic E-state index is 12.7. The van der Waals surface area contributed by atoms with Crippen LogP contribution in [0.1, 0.15) is 13.3 Å². The molecule has 3 rings (SSSR count). The molecule has 2 unspecified atom stereocenters. The number of rotatable bonds is 1. The standard InChI is InChI=1S/C14H18N4O2/c1-10-9-15-8-6-14(10)12(19)17(2)13(20)18(14)11-5-3-4-7-16-11/h3-5,7,10,15H,6,8-9H2,1-2H3. The van der Waals surface area contributed by atoms with Crippen LogP contribution in [-0.2, 0) is 4.79 Å². The maximum Gasteiger partial charge on any atom is 0.333 e. The smallest absolute Gasteiger partial charge is 0.316 e. The molecular weight excluding hydrogens is 256 g/mol. The number of hydrogen-bond acceptors (Lipinski definition) is 4. The third-order valence-corrected chi connectivity index (χ3v) is 4.38. The number of nitrogens with zero attached hydrogens (tertiary/aromatic N) is 3. The minimum atomic E-state index is -0.800. The zero-order chi connectivity index (χ0) is 14.3. The lowest BCUT2D eigenvalue weighted by molar-refractivity contribution is -0.132. The molecule has 3 heterocycles. The van der Waals surface area contributed by atoms with E-state index in [9.17, 15) is 9.59 Å². The zero-order valence-electron chi connectivity index (χ0n) is 11.7. The van der Waals surface area contributed by atoms with Gasteiger partial charge in [0.1, 0.15) is 11.4 Å². The molecule has 3 amide bonds. The lowest BCUT2D eigenvalue weighted by atomic mass is 9.78. The second-order valence-corrected chi connectivity index (χ2v) is 5.45. The highest BCUT2D eigenvalue weighted by molar-refractivity contribution is 6.16. The first-order valence-electron chi connectivity index (χ1n) is 6.83. The van der Waals surface area contributed by atoms with E-state index in [-0.39, 0.29) is 17.9 Å². The van der Waals surface area contributed by atoms with Gasteiger partial charge in [-0.1, -0.05) is 13.0 Å². The van der Waals surface area contributed by atoms with Crippen molar-refractivity contribution in [2.24, 2.45) is 5.92 Å². The Kier molecular flexibility index (Phi) is 2.97. The summed E-state index contributed by atoms with van der Waals surface area (Å²) in [5.41, 5.74) is -0.800. The number of nitrogens with one attached hydrogen (secondary N) is 1. The Morgan fingerprint density at radius 1 is 1.40 bits per heavy atom. The zero-order valence-corrected chi connectivity index (χ0v) is 11.7. The summed E-state index contributed by atoms with van der Waals surface area (Å²) < 4.78 is 0. The Bertz CT molecular complexity index is 547. The summed E-state index contributed by atoms with van der Waals surface area (Å²) in [6.07, 6.45) is 2.25. The summed E-state index contributed by atoms with van der Waals surface area (Å²) in [5, 5.41) is 3.28. The van der Waals surface area contributed by atoms with Crippen molar-refractivity contribution in [3.05, 3.63) is 24.4 Å². The number of hydrogen-bond donors (Lipinski definition) is 1. The van der Waals surface area contributed by atoms with Gasteiger partial charge in [-0.15, -0.1) is 0 Å². The van der Waals surface area contributed by atoms with E-state index in [0.717, 1.165) is 13.1 Å². The van der Waals surface area contributed by atoms with Gasteiger partial charge in [-0.25, -0.2) is 9.78 Å². The molecule has 1 aromatic rings. The van der Waals surface area contributed by atoms with E-state index in [1.165, 1.54) is 4.90 Å². The first-order valence-corrected chi connectivity index (χ1v) is 6.83. The summed E-state index contributed by atoms with van der Waals surface area (Å²) in [6.45, 7) is 3.45. The lowest BCUT2D eigenvalue weighted by Gasteiger charge is -2.42. The molecule has 106 valence electrons. The monoisotopic (exact) mass is 274 g/mol. The number of urea groups is 1. The number of likely N-dealkylation sites (N-methyl/N-ethyl adjacent to an activating group) is 1. The van der Waals surface area contributed by atoms with Crippen molar-refractivity contribution < 1.29 is 9.59 Å². The Balaban J connectivity index is 2.13. The number of aromatic nitrogens is 1. The van der Waals surface area contributed by atoms with Crippen LogP contribution in [0.4, 0.5) is 10.6 Å². The van der Waals surface area contributed by atoms with Crippen LogP contribution in [0.15, 0.2) is 24.4 Å². The van der Waals surface area contributed by atoms with Crippen molar-refractivity contribution in [1.82, 2.24) is 15.2 Å². The van der Waals surface area contributed by atoms with Crippen molar-refractivity contribution in [3.63, 3.8) is 0 Å². The molecule has 6 nitrogen and oxygen atoms in total. The van der Waals surface area contributed by atoms with E-state index < -0.39 is 5.54 Å². The predicted molar refractivity (Wildman–Crippen MR) is 74.3 cm³/mol. The lowest BCUT2D eigenvalue weighted by Crippen LogP contribution is -2.61. The van der Waals surface area contributed by atoms with Gasteiger partial charge in [0.05, 0.1) is 0 Å². The van der Waals surface area contributed by atoms with Crippen LogP contribution in [0.25, 0.3) is 0 Å². The molecule has 0 aliphatic carbocycles. The molecule has 2 aliphatic rings. The molecule has 0 radical (unpaired) electrons. The van der Waals surface area contributed by atoms with E-state index in [1.54, 1.807) is 30.3 Å². The van der Waals surface area contributed by atoms with Crippen LogP contribution >= 0.6 is 0 Å². The van der Waals surface area contributed by atoms with E-state index in [0.29, 0.717) is 12.2 Å². The van der Waals surface area contributed by atoms with Crippen LogP contribution in [0.5, 0.6) is 0 Å². The number of pyridine rings is 1. The predicted octanol–water partition coefficient (Wildman–Crippen LogP) is 0.848. The number of imide groups is 1. The van der Waals surface area contributed by atoms with Crippen molar-refractivity contribution in [2.45, 2.75) is 18.9 Å². The first kappa shape index (κ1) is 13.1. The highest BCUT2D eigenvalue weighted by Crippen LogP contribution is 2.40. The van der Waals surface area contributed by atoms with E-state index in [1.807, 2.05) is 13.0 Å². The normalized spacial score (nSPS) is 30.4. The molecule has 20 heavy (non-hydrogen) atoms. The molecule has 2 aliphatic heterocycles. The van der Waals surface area contributed by atoms with Gasteiger partial charge < -0.3 is 5.32 Å². The molecule has 1 spiro atoms. The molecule has 0 aromatic carbocycles. The van der Waals surface area contributed by atoms with Crippen LogP contribution in [-0.4, -0.2) is 47.5 Å². The van der Waals surface area contributed by atoms with Crippen LogP contribution in [0.3, 0.4) is 0 Å². The highest BCUT2D eigenvalue weighted by Gasteiger charge is 2.60. The average Bonchev–Trinajstić information content (AvgIpc) is 2.66. The second kappa shape index (κ2) is 4.56. The van der Waals surface area contributed by atoms with Gasteiger partial charge in [0.25, 0.3) is 5.91 Å². The van der Waals surface area contributed by atoms with Gasteiger partial charge in [-0.2, -0.15) is 0 Å². The molecular formula is C14H18N4O2. The fraction of sp³-hybridized carbons (Fsp3) is 0.500. The van der Waals surface area contributed by atoms with Gasteiger partial charge in [0.15, 0.2) is 0 Å². The SMILES string of the molecule is CC1CNCCC12C(=O)N(C)C(=O)N2c1ccccn1. The fourth-order valence-corrected chi connectivity index (χ4v) is 3.24. The Hall–Kier alpha value is -1.95. The largest absolute Gasteiger partial charge is 0.333 e. The van der Waals surface area contributed by atoms with E-state index in [4.69, 9.17) is 0 Å². The third kappa shape index (κ3) is 1.57. The summed E-state index contributed by atoms with van der Waals surface area (Å²) in [5.74, 6) is 0.464. The maximum absolute atomic E-state index is 12.7. The van der Waals surface area contributed by atoms with Crippen LogP contribution in [0, 0.1) is 5.92 Å². The molecule has 0 bridgehead atoms. The summed E-state index contributed by atoms with van der Waals surface area (Å²) in [4.78, 5) is 32.3. The molecule has 2 atom stereocenters. The van der Waals surface area contributed by atoms with Gasteiger partial charge >= 0.3 is 6.03 Å². The van der Waals surface area contributed by atoms with Gasteiger partial charge in [0, 0.05) is 25.7 Å². The van der Waals surface area contributed by atoms with Gasteiger partial charge in [-0.3, -0.25) is 14.6 Å². The van der Waals surface area contributed by atoms with Crippen LogP contribution < -0.4 is 10.2 Å². The molecule has 6 heteroatoms. The van der Waals surface area contributed by atoms with Gasteiger partial charge in [-0.05, 0) is 25.1 Å². The number of anilines is 1. The third-order valence-electron chi connectivity index (χ3n) is 4.38. The molecule has 2 fully saturated rings. The minimum Gasteiger partial charge on any atom is -0.316 e. The quantitative estimate of drug-likeness (QED) is 0.771. The van der Waals surface area contributed by atoms with Crippen molar-refractivity contribution in [1.29, 1.82) is 0 Å². The van der Waals surface area contributed by atoms with E-state index >= 15 is 0 Å². The molecule has 2 saturated heterocycles. The Morgan fingerprint density at radius 2 is 2.20 bits per heavy atom. The van der Waals surface area contributed by atoms with Crippen molar-refractivity contribution in [3.8, 4) is 0 Å². The van der Waals surface area contributed by atoms with Crippen LogP contribution in [0.2, 0.25) is 0 Å². The van der Waals surface area contributed by atoms with Crippen molar-refractivity contribution >= 4 is 17.8 Å². The topological polar surface area (TPSA) is 65.5 Å². The fourth-order valence-electron chi connectivity index (χ4n) is 3.24. The number of amides is 3. The van der Waals surface area contributed by atoms with Gasteiger partial charge in [0.2, 0.25) is 0 Å².